The second-order valence-corrected chi connectivity index (χ2v) is 13.6. The maximum atomic E-state index is 7.05. The van der Waals surface area contributed by atoms with Crippen molar-refractivity contribution >= 4 is 37.5 Å². The van der Waals surface area contributed by atoms with Gasteiger partial charge in [0.25, 0.3) is 0 Å². The molecule has 0 aliphatic rings. The van der Waals surface area contributed by atoms with Crippen molar-refractivity contribution in [2.75, 3.05) is 0 Å². The molecule has 4 aromatic carbocycles. The summed E-state index contributed by atoms with van der Waals surface area (Å²) in [6.45, 7) is 9.07. The molecular formula is C33H38O2P2. The largest absolute Gasteiger partial charge is 0.346 e. The van der Waals surface area contributed by atoms with Crippen molar-refractivity contribution in [2.24, 2.45) is 11.8 Å². The molecule has 0 saturated heterocycles. The SMILES string of the molecule is CC(C)C(CC(OP(c1ccccc1)c1ccccc1)C(C)C)OP(c1ccccc1)c1ccccc1. The summed E-state index contributed by atoms with van der Waals surface area (Å²) in [5.74, 6) is 0.726. The zero-order valence-electron chi connectivity index (χ0n) is 22.3. The van der Waals surface area contributed by atoms with Gasteiger partial charge in [0.05, 0.1) is 28.5 Å². The summed E-state index contributed by atoms with van der Waals surface area (Å²) in [6.07, 6.45) is 0.997. The van der Waals surface area contributed by atoms with Crippen LogP contribution < -0.4 is 21.2 Å². The van der Waals surface area contributed by atoms with Crippen molar-refractivity contribution in [3.63, 3.8) is 0 Å². The minimum absolute atomic E-state index is 0.0716. The lowest BCUT2D eigenvalue weighted by Crippen LogP contribution is -2.32. The third-order valence-corrected chi connectivity index (χ3v) is 10.4. The van der Waals surface area contributed by atoms with Crippen molar-refractivity contribution in [1.82, 2.24) is 0 Å². The van der Waals surface area contributed by atoms with E-state index in [0.717, 1.165) is 6.42 Å². The molecule has 0 bridgehead atoms. The second kappa shape index (κ2) is 14.0. The Morgan fingerprint density at radius 3 is 0.892 bits per heavy atom. The van der Waals surface area contributed by atoms with Crippen LogP contribution in [0.1, 0.15) is 34.1 Å². The topological polar surface area (TPSA) is 18.5 Å². The van der Waals surface area contributed by atoms with Crippen LogP contribution in [0, 0.1) is 11.8 Å². The van der Waals surface area contributed by atoms with Crippen LogP contribution in [0.4, 0.5) is 0 Å². The van der Waals surface area contributed by atoms with E-state index < -0.39 is 16.3 Å². The van der Waals surface area contributed by atoms with E-state index in [-0.39, 0.29) is 12.2 Å². The molecule has 0 aromatic heterocycles. The zero-order chi connectivity index (χ0) is 26.0. The highest BCUT2D eigenvalue weighted by atomic mass is 31.1. The molecule has 0 amide bonds. The van der Waals surface area contributed by atoms with E-state index >= 15 is 0 Å². The summed E-state index contributed by atoms with van der Waals surface area (Å²) in [4.78, 5) is 0. The van der Waals surface area contributed by atoms with Crippen LogP contribution in [0.25, 0.3) is 0 Å². The van der Waals surface area contributed by atoms with Gasteiger partial charge in [-0.05, 0) is 11.8 Å². The molecule has 0 heterocycles. The van der Waals surface area contributed by atoms with Crippen LogP contribution >= 0.6 is 16.3 Å². The van der Waals surface area contributed by atoms with E-state index in [9.17, 15) is 0 Å². The lowest BCUT2D eigenvalue weighted by molar-refractivity contribution is 0.0777. The minimum Gasteiger partial charge on any atom is -0.346 e. The van der Waals surface area contributed by atoms with Gasteiger partial charge in [0.15, 0.2) is 0 Å². The highest BCUT2D eigenvalue weighted by Crippen LogP contribution is 2.43. The Morgan fingerprint density at radius 1 is 0.432 bits per heavy atom. The van der Waals surface area contributed by atoms with Crippen LogP contribution in [0.5, 0.6) is 0 Å². The van der Waals surface area contributed by atoms with E-state index in [2.05, 4.69) is 149 Å². The fourth-order valence-corrected chi connectivity index (χ4v) is 8.22. The zero-order valence-corrected chi connectivity index (χ0v) is 24.1. The minimum atomic E-state index is -0.931. The Bertz CT molecular complexity index is 994. The highest BCUT2D eigenvalue weighted by molar-refractivity contribution is 7.68. The summed E-state index contributed by atoms with van der Waals surface area (Å²) >= 11 is 0. The van der Waals surface area contributed by atoms with Crippen molar-refractivity contribution in [3.8, 4) is 0 Å². The molecule has 0 aliphatic carbocycles. The molecule has 0 N–H and O–H groups in total. The van der Waals surface area contributed by atoms with E-state index in [4.69, 9.17) is 9.05 Å². The summed E-state index contributed by atoms with van der Waals surface area (Å²) in [5.41, 5.74) is 0. The molecule has 2 atom stereocenters. The molecule has 37 heavy (non-hydrogen) atoms. The van der Waals surface area contributed by atoms with E-state index in [0.29, 0.717) is 11.8 Å². The fourth-order valence-electron chi connectivity index (χ4n) is 4.17. The van der Waals surface area contributed by atoms with Gasteiger partial charge in [0, 0.05) is 27.6 Å². The van der Waals surface area contributed by atoms with Gasteiger partial charge in [-0.25, -0.2) is 0 Å². The van der Waals surface area contributed by atoms with E-state index in [1.165, 1.54) is 21.2 Å². The predicted molar refractivity (Wildman–Crippen MR) is 162 cm³/mol. The van der Waals surface area contributed by atoms with E-state index in [1.807, 2.05) is 0 Å². The molecule has 192 valence electrons. The number of hydrogen-bond donors (Lipinski definition) is 0. The first-order valence-corrected chi connectivity index (χ1v) is 15.7. The van der Waals surface area contributed by atoms with Gasteiger partial charge in [-0.3, -0.25) is 0 Å². The molecule has 0 radical (unpaired) electrons. The Balaban J connectivity index is 1.61. The fraction of sp³-hybridized carbons (Fsp3) is 0.273. The maximum absolute atomic E-state index is 7.05. The quantitative estimate of drug-likeness (QED) is 0.177. The van der Waals surface area contributed by atoms with Crippen LogP contribution in [-0.4, -0.2) is 12.2 Å². The van der Waals surface area contributed by atoms with Crippen LogP contribution in [0.15, 0.2) is 121 Å². The normalized spacial score (nSPS) is 13.4. The number of rotatable bonds is 12. The molecular weight excluding hydrogens is 490 g/mol. The first kappa shape index (κ1) is 27.7. The molecule has 2 unspecified atom stereocenters. The number of benzene rings is 4. The second-order valence-electron chi connectivity index (χ2n) is 9.94. The average Bonchev–Trinajstić information content (AvgIpc) is 2.94. The molecule has 0 fully saturated rings. The highest BCUT2D eigenvalue weighted by Gasteiger charge is 2.30. The third-order valence-electron chi connectivity index (χ3n) is 6.40. The van der Waals surface area contributed by atoms with Crippen LogP contribution in [-0.2, 0) is 9.05 Å². The molecule has 4 heteroatoms. The predicted octanol–water partition coefficient (Wildman–Crippen LogP) is 7.55. The summed E-state index contributed by atoms with van der Waals surface area (Å²) < 4.78 is 14.1. The van der Waals surface area contributed by atoms with Gasteiger partial charge in [-0.2, -0.15) is 0 Å². The Morgan fingerprint density at radius 2 is 0.676 bits per heavy atom. The van der Waals surface area contributed by atoms with Gasteiger partial charge in [-0.1, -0.05) is 149 Å². The monoisotopic (exact) mass is 528 g/mol. The first-order valence-electron chi connectivity index (χ1n) is 13.2. The average molecular weight is 529 g/mol. The lowest BCUT2D eigenvalue weighted by atomic mass is 9.95. The van der Waals surface area contributed by atoms with Crippen molar-refractivity contribution in [2.45, 2.75) is 46.3 Å². The number of hydrogen-bond acceptors (Lipinski definition) is 2. The lowest BCUT2D eigenvalue weighted by Gasteiger charge is -2.34. The molecule has 0 aliphatic heterocycles. The molecule has 0 spiro atoms. The van der Waals surface area contributed by atoms with Gasteiger partial charge in [-0.15, -0.1) is 0 Å². The summed E-state index contributed by atoms with van der Waals surface area (Å²) in [7, 11) is -1.86. The summed E-state index contributed by atoms with van der Waals surface area (Å²) in [6, 6.07) is 42.7. The van der Waals surface area contributed by atoms with Crippen molar-refractivity contribution in [1.29, 1.82) is 0 Å². The molecule has 4 aromatic rings. The van der Waals surface area contributed by atoms with Crippen molar-refractivity contribution in [3.05, 3.63) is 121 Å². The third kappa shape index (κ3) is 7.83. The Hall–Kier alpha value is -2.34. The van der Waals surface area contributed by atoms with Gasteiger partial charge >= 0.3 is 0 Å². The van der Waals surface area contributed by atoms with Gasteiger partial charge < -0.3 is 9.05 Å². The van der Waals surface area contributed by atoms with Crippen LogP contribution in [0.3, 0.4) is 0 Å². The van der Waals surface area contributed by atoms with Gasteiger partial charge in [0.2, 0.25) is 0 Å². The van der Waals surface area contributed by atoms with Crippen LogP contribution in [0.2, 0.25) is 0 Å². The van der Waals surface area contributed by atoms with Crippen molar-refractivity contribution < 1.29 is 9.05 Å². The molecule has 2 nitrogen and oxygen atoms in total. The Labute approximate surface area is 225 Å². The maximum Gasteiger partial charge on any atom is 0.0921 e. The van der Waals surface area contributed by atoms with E-state index in [1.54, 1.807) is 0 Å². The Kier molecular flexibility index (Phi) is 10.5. The molecule has 4 rings (SSSR count). The smallest absolute Gasteiger partial charge is 0.0921 e. The van der Waals surface area contributed by atoms with Gasteiger partial charge in [0.1, 0.15) is 0 Å². The molecule has 0 saturated carbocycles. The summed E-state index contributed by atoms with van der Waals surface area (Å²) in [5, 5.41) is 4.97. The first-order chi connectivity index (χ1) is 18.0. The standard InChI is InChI=1S/C33H38O2P2/c1-26(2)32(34-36(28-17-9-5-10-18-28)29-19-11-6-12-20-29)25-33(27(3)4)35-37(30-21-13-7-14-22-30)31-23-15-8-16-24-31/h5-24,26-27,32-33H,25H2,1-4H3.